The summed E-state index contributed by atoms with van der Waals surface area (Å²) in [6.45, 7) is 1.04. The van der Waals surface area contributed by atoms with Crippen LogP contribution in [-0.2, 0) is 19.1 Å². The Hall–Kier alpha value is -3.60. The summed E-state index contributed by atoms with van der Waals surface area (Å²) in [5.41, 5.74) is 1.13. The van der Waals surface area contributed by atoms with Crippen molar-refractivity contribution in [3.63, 3.8) is 0 Å². The summed E-state index contributed by atoms with van der Waals surface area (Å²) >= 11 is 0. The molecular formula is C28H36N4O7. The van der Waals surface area contributed by atoms with Crippen LogP contribution in [0.1, 0.15) is 49.0 Å². The number of amides is 3. The molecule has 11 nitrogen and oxygen atoms in total. The second-order valence-corrected chi connectivity index (χ2v) is 10.8. The van der Waals surface area contributed by atoms with Gasteiger partial charge in [-0.25, -0.2) is 4.79 Å². The Bertz CT molecular complexity index is 1260. The first-order valence-corrected chi connectivity index (χ1v) is 13.6. The summed E-state index contributed by atoms with van der Waals surface area (Å²) in [6, 6.07) is 5.58. The molecule has 210 valence electrons. The van der Waals surface area contributed by atoms with Gasteiger partial charge in [-0.3, -0.25) is 14.4 Å². The van der Waals surface area contributed by atoms with Crippen LogP contribution in [0, 0.1) is 17.8 Å². The third-order valence-electron chi connectivity index (χ3n) is 8.63. The van der Waals surface area contributed by atoms with Gasteiger partial charge in [0.15, 0.2) is 6.10 Å². The summed E-state index contributed by atoms with van der Waals surface area (Å²) < 4.78 is 10.2. The fourth-order valence-corrected chi connectivity index (χ4v) is 6.59. The number of rotatable bonds is 9. The van der Waals surface area contributed by atoms with E-state index in [1.54, 1.807) is 18.1 Å². The molecule has 3 amide bonds. The molecule has 1 unspecified atom stereocenters. The van der Waals surface area contributed by atoms with Crippen molar-refractivity contribution in [2.45, 2.75) is 56.7 Å². The lowest BCUT2D eigenvalue weighted by atomic mass is 9.92. The van der Waals surface area contributed by atoms with Crippen LogP contribution < -0.4 is 15.4 Å². The van der Waals surface area contributed by atoms with Crippen LogP contribution in [0.15, 0.2) is 24.3 Å². The highest BCUT2D eigenvalue weighted by molar-refractivity contribution is 6.02. The van der Waals surface area contributed by atoms with Crippen molar-refractivity contribution < 1.29 is 33.8 Å². The van der Waals surface area contributed by atoms with E-state index in [0.29, 0.717) is 37.4 Å². The van der Waals surface area contributed by atoms with E-state index in [2.05, 4.69) is 15.6 Å². The highest BCUT2D eigenvalue weighted by Crippen LogP contribution is 2.43. The number of carbonyl (C=O) groups excluding carboxylic acids is 4. The lowest BCUT2D eigenvalue weighted by Gasteiger charge is -2.30. The van der Waals surface area contributed by atoms with Gasteiger partial charge in [0.25, 0.3) is 5.91 Å². The van der Waals surface area contributed by atoms with Crippen molar-refractivity contribution in [1.29, 1.82) is 0 Å². The van der Waals surface area contributed by atoms with Crippen LogP contribution in [0.25, 0.3) is 10.9 Å². The van der Waals surface area contributed by atoms with Crippen LogP contribution in [0.5, 0.6) is 5.75 Å². The number of H-pyrrole nitrogens is 1. The van der Waals surface area contributed by atoms with Crippen molar-refractivity contribution >= 4 is 34.6 Å². The van der Waals surface area contributed by atoms with Gasteiger partial charge in [-0.05, 0) is 62.1 Å². The lowest BCUT2D eigenvalue weighted by molar-refractivity contribution is -0.152. The summed E-state index contributed by atoms with van der Waals surface area (Å²) in [4.78, 5) is 56.6. The molecule has 1 saturated carbocycles. The van der Waals surface area contributed by atoms with Crippen LogP contribution in [-0.4, -0.2) is 84.2 Å². The number of aliphatic hydroxyl groups is 1. The number of hydrogen-bond acceptors (Lipinski definition) is 7. The summed E-state index contributed by atoms with van der Waals surface area (Å²) in [7, 11) is 2.74. The minimum Gasteiger partial charge on any atom is -0.496 e. The number of aliphatic hydroxyl groups excluding tert-OH is 1. The van der Waals surface area contributed by atoms with Gasteiger partial charge < -0.3 is 35.1 Å². The zero-order valence-corrected chi connectivity index (χ0v) is 22.3. The van der Waals surface area contributed by atoms with Gasteiger partial charge >= 0.3 is 5.97 Å². The van der Waals surface area contributed by atoms with Gasteiger partial charge in [0, 0.05) is 29.9 Å². The predicted octanol–water partition coefficient (Wildman–Crippen LogP) is 1.35. The Morgan fingerprint density at radius 1 is 1.21 bits per heavy atom. The third-order valence-corrected chi connectivity index (χ3v) is 8.63. The number of ether oxygens (including phenoxy) is 2. The fourth-order valence-electron chi connectivity index (χ4n) is 6.59. The number of aromatic amines is 1. The second-order valence-electron chi connectivity index (χ2n) is 10.8. The van der Waals surface area contributed by atoms with E-state index in [1.807, 2.05) is 18.2 Å². The van der Waals surface area contributed by atoms with E-state index >= 15 is 0 Å². The lowest BCUT2D eigenvalue weighted by Crippen LogP contribution is -2.55. The molecular weight excluding hydrogens is 504 g/mol. The SMILES string of the molecule is COC(=O)C(O)[C@H](CC[C@@H]1CCNC1=O)NC(=O)[C@@H]1[C@H]2CCC[C@H]2CN1C(=O)c1cc2c(OC)cccc2[nH]1. The van der Waals surface area contributed by atoms with E-state index in [-0.39, 0.29) is 36.0 Å². The number of nitrogens with one attached hydrogen (secondary N) is 3. The maximum atomic E-state index is 13.8. The molecule has 1 aromatic carbocycles. The number of methoxy groups -OCH3 is 2. The normalized spacial score (nSPS) is 25.7. The molecule has 0 bridgehead atoms. The van der Waals surface area contributed by atoms with Gasteiger partial charge in [0.2, 0.25) is 11.8 Å². The zero-order valence-electron chi connectivity index (χ0n) is 22.3. The number of nitrogens with zero attached hydrogens (tertiary/aromatic N) is 1. The fraction of sp³-hybridized carbons (Fsp3) is 0.571. The van der Waals surface area contributed by atoms with Gasteiger partial charge in [-0.2, -0.15) is 0 Å². The highest BCUT2D eigenvalue weighted by Gasteiger charge is 2.50. The number of benzene rings is 1. The number of aromatic nitrogens is 1. The molecule has 0 spiro atoms. The van der Waals surface area contributed by atoms with E-state index < -0.39 is 30.1 Å². The van der Waals surface area contributed by atoms with Crippen LogP contribution in [0.3, 0.4) is 0 Å². The zero-order chi connectivity index (χ0) is 27.7. The molecule has 0 radical (unpaired) electrons. The van der Waals surface area contributed by atoms with Crippen molar-refractivity contribution in [2.24, 2.45) is 17.8 Å². The quantitative estimate of drug-likeness (QED) is 0.351. The molecule has 39 heavy (non-hydrogen) atoms. The van der Waals surface area contributed by atoms with Crippen LogP contribution in [0.4, 0.5) is 0 Å². The molecule has 4 N–H and O–H groups in total. The summed E-state index contributed by atoms with van der Waals surface area (Å²) in [6.07, 6.45) is 2.43. The molecule has 1 aromatic heterocycles. The average Bonchev–Trinajstić information content (AvgIpc) is 3.72. The predicted molar refractivity (Wildman–Crippen MR) is 141 cm³/mol. The second kappa shape index (κ2) is 11.3. The van der Waals surface area contributed by atoms with Gasteiger partial charge in [-0.1, -0.05) is 12.5 Å². The maximum absolute atomic E-state index is 13.8. The standard InChI is InChI=1S/C28H36N4O7/c1-38-22-8-4-7-19-18(22)13-21(30-19)27(36)32-14-16-5-3-6-17(16)23(32)26(35)31-20(24(33)28(37)39-2)10-9-15-11-12-29-25(15)34/h4,7-8,13,15-17,20,23-24,30,33H,3,5-6,9-12,14H2,1-2H3,(H,29,34)(H,31,35)/t15-,16+,17+,20+,23+,24?/m1/s1. The van der Waals surface area contributed by atoms with Gasteiger partial charge in [0.1, 0.15) is 17.5 Å². The average molecular weight is 541 g/mol. The third kappa shape index (κ3) is 5.19. The molecule has 6 atom stereocenters. The number of fused-ring (bicyclic) bond motifs is 2. The minimum absolute atomic E-state index is 0.00982. The maximum Gasteiger partial charge on any atom is 0.336 e. The van der Waals surface area contributed by atoms with Crippen molar-refractivity contribution in [3.8, 4) is 5.75 Å². The Balaban J connectivity index is 1.37. The minimum atomic E-state index is -1.59. The summed E-state index contributed by atoms with van der Waals surface area (Å²) in [5, 5.41) is 17.1. The molecule has 3 heterocycles. The van der Waals surface area contributed by atoms with E-state index in [4.69, 9.17) is 9.47 Å². The molecule has 2 aliphatic heterocycles. The van der Waals surface area contributed by atoms with Crippen LogP contribution >= 0.6 is 0 Å². The highest BCUT2D eigenvalue weighted by atomic mass is 16.5. The summed E-state index contributed by atoms with van der Waals surface area (Å²) in [5.74, 6) is -1.02. The van der Waals surface area contributed by atoms with Gasteiger partial charge in [-0.15, -0.1) is 0 Å². The van der Waals surface area contributed by atoms with Gasteiger partial charge in [0.05, 0.1) is 20.3 Å². The number of hydrogen-bond donors (Lipinski definition) is 4. The van der Waals surface area contributed by atoms with E-state index in [1.165, 1.54) is 7.11 Å². The van der Waals surface area contributed by atoms with Crippen molar-refractivity contribution in [3.05, 3.63) is 30.0 Å². The largest absolute Gasteiger partial charge is 0.496 e. The topological polar surface area (TPSA) is 150 Å². The first-order chi connectivity index (χ1) is 18.8. The number of esters is 1. The Labute approximate surface area is 226 Å². The number of carbonyl (C=O) groups is 4. The van der Waals surface area contributed by atoms with Crippen molar-refractivity contribution in [2.75, 3.05) is 27.3 Å². The van der Waals surface area contributed by atoms with E-state index in [0.717, 1.165) is 30.2 Å². The first kappa shape index (κ1) is 27.0. The molecule has 3 fully saturated rings. The van der Waals surface area contributed by atoms with Crippen molar-refractivity contribution in [1.82, 2.24) is 20.5 Å². The molecule has 5 rings (SSSR count). The Morgan fingerprint density at radius 2 is 2.03 bits per heavy atom. The molecule has 1 aliphatic carbocycles. The molecule has 3 aliphatic rings. The van der Waals surface area contributed by atoms with Crippen LogP contribution in [0.2, 0.25) is 0 Å². The molecule has 2 aromatic rings. The molecule has 2 saturated heterocycles. The first-order valence-electron chi connectivity index (χ1n) is 13.6. The monoisotopic (exact) mass is 540 g/mol. The molecule has 11 heteroatoms. The Morgan fingerprint density at radius 3 is 2.74 bits per heavy atom. The number of likely N-dealkylation sites (tertiary alicyclic amines) is 1. The van der Waals surface area contributed by atoms with E-state index in [9.17, 15) is 24.3 Å². The Kier molecular flexibility index (Phi) is 7.79. The smallest absolute Gasteiger partial charge is 0.336 e.